The topological polar surface area (TPSA) is 96.1 Å². The lowest BCUT2D eigenvalue weighted by Gasteiger charge is -2.24. The predicted molar refractivity (Wildman–Crippen MR) is 134 cm³/mol. The minimum absolute atomic E-state index is 0.0620. The van der Waals surface area contributed by atoms with Crippen molar-refractivity contribution in [1.29, 1.82) is 0 Å². The van der Waals surface area contributed by atoms with Crippen molar-refractivity contribution in [3.63, 3.8) is 0 Å². The third kappa shape index (κ3) is 5.50. The van der Waals surface area contributed by atoms with E-state index in [1.807, 2.05) is 4.90 Å². The van der Waals surface area contributed by atoms with Gasteiger partial charge in [-0.05, 0) is 50.5 Å². The van der Waals surface area contributed by atoms with Crippen molar-refractivity contribution in [3.05, 3.63) is 52.8 Å². The molecule has 1 fully saturated rings. The molecule has 8 nitrogen and oxygen atoms in total. The van der Waals surface area contributed by atoms with Crippen LogP contribution in [0.15, 0.2) is 30.5 Å². The highest BCUT2D eigenvalue weighted by atomic mass is 19.4. The van der Waals surface area contributed by atoms with E-state index in [2.05, 4.69) is 22.2 Å². The number of nitrogen functional groups attached to an aromatic ring is 1. The average molecular weight is 553 g/mol. The number of nitrogens with one attached hydrogen (secondary N) is 1. The summed E-state index contributed by atoms with van der Waals surface area (Å²) in [5, 5.41) is 3.00. The van der Waals surface area contributed by atoms with Gasteiger partial charge in [0.25, 0.3) is 0 Å². The normalized spacial score (nSPS) is 18.2. The number of alkyl halides is 6. The highest BCUT2D eigenvalue weighted by Crippen LogP contribution is 2.37. The average Bonchev–Trinajstić information content (AvgIpc) is 3.17. The van der Waals surface area contributed by atoms with Gasteiger partial charge < -0.3 is 20.9 Å². The van der Waals surface area contributed by atoms with Gasteiger partial charge in [0, 0.05) is 43.9 Å². The fourth-order valence-corrected chi connectivity index (χ4v) is 5.04. The SMILES string of the molecule is CC1CCCN1c1nc2c(c(Nc3ccc(C(F)(F)F)c(N)n3)n1)CCN(c1ncccc1C(F)(F)F)CC2. The second-order valence-corrected chi connectivity index (χ2v) is 9.59. The minimum Gasteiger partial charge on any atom is -0.383 e. The molecule has 5 rings (SSSR count). The van der Waals surface area contributed by atoms with Crippen LogP contribution in [0.1, 0.15) is 42.1 Å². The first kappa shape index (κ1) is 26.8. The summed E-state index contributed by atoms with van der Waals surface area (Å²) >= 11 is 0. The van der Waals surface area contributed by atoms with Crippen molar-refractivity contribution in [2.24, 2.45) is 0 Å². The summed E-state index contributed by atoms with van der Waals surface area (Å²) in [4.78, 5) is 21.0. The Bertz CT molecular complexity index is 1360. The van der Waals surface area contributed by atoms with Crippen LogP contribution in [0.3, 0.4) is 0 Å². The smallest absolute Gasteiger partial charge is 0.383 e. The number of rotatable bonds is 4. The summed E-state index contributed by atoms with van der Waals surface area (Å²) < 4.78 is 80.6. The third-order valence-electron chi connectivity index (χ3n) is 7.01. The fraction of sp³-hybridized carbons (Fsp3) is 0.440. The molecule has 3 aromatic heterocycles. The molecule has 2 aliphatic heterocycles. The summed E-state index contributed by atoms with van der Waals surface area (Å²) in [5.74, 6) is 0.00275. The molecule has 0 amide bonds. The molecule has 1 atom stereocenters. The van der Waals surface area contributed by atoms with Crippen molar-refractivity contribution in [3.8, 4) is 0 Å². The van der Waals surface area contributed by atoms with Crippen LogP contribution in [0.4, 0.5) is 55.6 Å². The lowest BCUT2D eigenvalue weighted by molar-refractivity contribution is -0.138. The summed E-state index contributed by atoms with van der Waals surface area (Å²) in [6, 6.07) is 4.44. The number of nitrogens with zero attached hydrogens (tertiary/aromatic N) is 6. The van der Waals surface area contributed by atoms with E-state index in [1.165, 1.54) is 18.3 Å². The molecule has 39 heavy (non-hydrogen) atoms. The van der Waals surface area contributed by atoms with Crippen molar-refractivity contribution in [2.75, 3.05) is 40.5 Å². The molecule has 3 aromatic rings. The molecule has 0 aromatic carbocycles. The first-order valence-corrected chi connectivity index (χ1v) is 12.5. The van der Waals surface area contributed by atoms with Gasteiger partial charge in [-0.15, -0.1) is 0 Å². The largest absolute Gasteiger partial charge is 0.419 e. The number of fused-ring (bicyclic) bond motifs is 1. The molecule has 0 bridgehead atoms. The van der Waals surface area contributed by atoms with Crippen LogP contribution in [-0.2, 0) is 25.2 Å². The first-order valence-electron chi connectivity index (χ1n) is 12.5. The Morgan fingerprint density at radius 1 is 0.923 bits per heavy atom. The van der Waals surface area contributed by atoms with Gasteiger partial charge in [0.15, 0.2) is 0 Å². The zero-order valence-electron chi connectivity index (χ0n) is 20.9. The van der Waals surface area contributed by atoms with Crippen LogP contribution in [0.25, 0.3) is 0 Å². The quantitative estimate of drug-likeness (QED) is 0.426. The van der Waals surface area contributed by atoms with E-state index >= 15 is 0 Å². The number of pyridine rings is 2. The summed E-state index contributed by atoms with van der Waals surface area (Å²) in [5.41, 5.74) is 5.01. The monoisotopic (exact) mass is 552 g/mol. The lowest BCUT2D eigenvalue weighted by Crippen LogP contribution is -2.29. The Kier molecular flexibility index (Phi) is 6.89. The highest BCUT2D eigenvalue weighted by Gasteiger charge is 2.37. The van der Waals surface area contributed by atoms with Gasteiger partial charge >= 0.3 is 12.4 Å². The van der Waals surface area contributed by atoms with E-state index in [0.29, 0.717) is 29.4 Å². The van der Waals surface area contributed by atoms with Gasteiger partial charge in [-0.1, -0.05) is 0 Å². The number of nitrogens with two attached hydrogens (primary N) is 1. The van der Waals surface area contributed by atoms with Gasteiger partial charge in [-0.2, -0.15) is 31.3 Å². The van der Waals surface area contributed by atoms with E-state index in [0.717, 1.165) is 31.5 Å². The minimum atomic E-state index is -4.65. The molecular formula is C25H26F6N8. The van der Waals surface area contributed by atoms with E-state index in [9.17, 15) is 26.3 Å². The Hall–Kier alpha value is -3.84. The van der Waals surface area contributed by atoms with Crippen LogP contribution in [0.2, 0.25) is 0 Å². The number of halogens is 6. The van der Waals surface area contributed by atoms with Gasteiger partial charge in [0.1, 0.15) is 23.3 Å². The number of aromatic nitrogens is 4. The highest BCUT2D eigenvalue weighted by molar-refractivity contribution is 5.63. The van der Waals surface area contributed by atoms with Gasteiger partial charge in [-0.25, -0.2) is 15.0 Å². The maximum Gasteiger partial charge on any atom is 0.419 e. The van der Waals surface area contributed by atoms with Crippen LogP contribution in [0, 0.1) is 0 Å². The van der Waals surface area contributed by atoms with Crippen molar-refractivity contribution >= 4 is 29.2 Å². The second-order valence-electron chi connectivity index (χ2n) is 9.59. The second kappa shape index (κ2) is 10.0. The molecule has 0 radical (unpaired) electrons. The van der Waals surface area contributed by atoms with E-state index < -0.39 is 29.3 Å². The molecule has 1 unspecified atom stereocenters. The van der Waals surface area contributed by atoms with Crippen LogP contribution < -0.4 is 20.9 Å². The Morgan fingerprint density at radius 3 is 2.33 bits per heavy atom. The van der Waals surface area contributed by atoms with Crippen LogP contribution >= 0.6 is 0 Å². The number of anilines is 5. The maximum atomic E-state index is 13.7. The predicted octanol–water partition coefficient (Wildman–Crippen LogP) is 5.22. The third-order valence-corrected chi connectivity index (χ3v) is 7.01. The maximum absolute atomic E-state index is 13.7. The molecule has 3 N–H and O–H groups in total. The standard InChI is InChI=1S/C25H26F6N8/c1-14-4-3-11-39(14)23-34-18-9-13-38(22-17(25(29,30)31)5-2-10-33-22)12-8-15(18)21(37-23)36-19-7-6-16(20(32)35-19)24(26,27)28/h2,5-7,10,14H,3-4,8-9,11-13H2,1H3,(H3,32,34,35,36,37). The van der Waals surface area contributed by atoms with E-state index in [1.54, 1.807) is 4.90 Å². The van der Waals surface area contributed by atoms with Crippen LogP contribution in [-0.4, -0.2) is 45.6 Å². The molecular weight excluding hydrogens is 526 g/mol. The zero-order chi connectivity index (χ0) is 27.9. The number of hydrogen-bond acceptors (Lipinski definition) is 8. The van der Waals surface area contributed by atoms with Gasteiger partial charge in [-0.3, -0.25) is 0 Å². The molecule has 208 valence electrons. The Labute approximate surface area is 220 Å². The fourth-order valence-electron chi connectivity index (χ4n) is 5.04. The molecule has 1 saturated heterocycles. The van der Waals surface area contributed by atoms with Crippen molar-refractivity contribution in [1.82, 2.24) is 19.9 Å². The molecule has 14 heteroatoms. The molecule has 0 spiro atoms. The van der Waals surface area contributed by atoms with E-state index in [4.69, 9.17) is 15.7 Å². The molecule has 0 aliphatic carbocycles. The summed E-state index contributed by atoms with van der Waals surface area (Å²) in [7, 11) is 0. The van der Waals surface area contributed by atoms with Crippen LogP contribution in [0.5, 0.6) is 0 Å². The summed E-state index contributed by atoms with van der Waals surface area (Å²) in [6.45, 7) is 3.23. The lowest BCUT2D eigenvalue weighted by atomic mass is 10.1. The zero-order valence-corrected chi connectivity index (χ0v) is 20.9. The first-order chi connectivity index (χ1) is 18.4. The van der Waals surface area contributed by atoms with Gasteiger partial charge in [0.2, 0.25) is 5.95 Å². The van der Waals surface area contributed by atoms with Gasteiger partial charge in [0.05, 0.1) is 16.8 Å². The summed E-state index contributed by atoms with van der Waals surface area (Å²) in [6.07, 6.45) is -5.39. The molecule has 5 heterocycles. The Balaban J connectivity index is 1.51. The Morgan fingerprint density at radius 2 is 1.67 bits per heavy atom. The van der Waals surface area contributed by atoms with E-state index in [-0.39, 0.29) is 37.2 Å². The van der Waals surface area contributed by atoms with Crippen molar-refractivity contribution < 1.29 is 26.3 Å². The van der Waals surface area contributed by atoms with Crippen molar-refractivity contribution in [2.45, 2.75) is 51.0 Å². The molecule has 0 saturated carbocycles. The molecule has 2 aliphatic rings. The number of hydrogen-bond donors (Lipinski definition) is 2.